The zero-order valence-electron chi connectivity index (χ0n) is 12.2. The molecule has 5 nitrogen and oxygen atoms in total. The highest BCUT2D eigenvalue weighted by molar-refractivity contribution is 14.1. The van der Waals surface area contributed by atoms with Crippen LogP contribution >= 0.6 is 35.0 Å². The van der Waals surface area contributed by atoms with Crippen LogP contribution in [0, 0.1) is 3.57 Å². The smallest absolute Gasteiger partial charge is 0.254 e. The first-order valence-corrected chi connectivity index (χ1v) is 7.99. The number of aromatic nitrogens is 2. The third kappa shape index (κ3) is 3.44. The molecular weight excluding hydrogens is 415 g/mol. The number of nitrogens with one attached hydrogen (secondary N) is 1. The zero-order chi connectivity index (χ0) is 14.8. The van der Waals surface area contributed by atoms with E-state index in [0.717, 1.165) is 28.0 Å². The molecule has 0 aliphatic carbocycles. The lowest BCUT2D eigenvalue weighted by atomic mass is 10.1. The van der Waals surface area contributed by atoms with E-state index in [1.54, 1.807) is 6.20 Å². The van der Waals surface area contributed by atoms with Crippen molar-refractivity contribution in [3.63, 3.8) is 0 Å². The lowest BCUT2D eigenvalue weighted by molar-refractivity contribution is 0.0621. The third-order valence-corrected chi connectivity index (χ3v) is 4.47. The number of halogens is 2. The maximum absolute atomic E-state index is 12.8. The summed E-state index contributed by atoms with van der Waals surface area (Å²) in [7, 11) is 1.96. The fourth-order valence-electron chi connectivity index (χ4n) is 2.63. The van der Waals surface area contributed by atoms with Gasteiger partial charge in [-0.05, 0) is 46.9 Å². The van der Waals surface area contributed by atoms with Gasteiger partial charge in [0.25, 0.3) is 5.91 Å². The van der Waals surface area contributed by atoms with Crippen LogP contribution in [0.15, 0.2) is 36.7 Å². The molecule has 1 amide bonds. The van der Waals surface area contributed by atoms with Gasteiger partial charge in [0.2, 0.25) is 0 Å². The number of hydrogen-bond donors (Lipinski definition) is 1. The van der Waals surface area contributed by atoms with E-state index in [1.165, 1.54) is 0 Å². The Bertz CT molecular complexity index is 643. The Labute approximate surface area is 149 Å². The van der Waals surface area contributed by atoms with Gasteiger partial charge in [0.15, 0.2) is 0 Å². The van der Waals surface area contributed by atoms with Crippen molar-refractivity contribution in [3.8, 4) is 0 Å². The molecule has 0 saturated carbocycles. The highest BCUT2D eigenvalue weighted by Gasteiger charge is 2.30. The van der Waals surface area contributed by atoms with Crippen molar-refractivity contribution in [3.05, 3.63) is 51.6 Å². The monoisotopic (exact) mass is 432 g/mol. The van der Waals surface area contributed by atoms with Crippen LogP contribution in [0.2, 0.25) is 0 Å². The number of hydrogen-bond acceptors (Lipinski definition) is 3. The number of aryl methyl sites for hydroxylation is 1. The van der Waals surface area contributed by atoms with Gasteiger partial charge in [-0.15, -0.1) is 12.4 Å². The summed E-state index contributed by atoms with van der Waals surface area (Å²) in [4.78, 5) is 19.1. The Hall–Kier alpha value is -1.12. The van der Waals surface area contributed by atoms with Gasteiger partial charge in [-0.1, -0.05) is 0 Å². The Kier molecular flexibility index (Phi) is 5.82. The first-order valence-electron chi connectivity index (χ1n) is 6.91. The molecule has 2 aromatic rings. The number of rotatable bonds is 2. The van der Waals surface area contributed by atoms with Crippen LogP contribution in [0.4, 0.5) is 0 Å². The number of imidazole rings is 1. The largest absolute Gasteiger partial charge is 0.336 e. The predicted octanol–water partition coefficient (Wildman–Crippen LogP) is 2.23. The van der Waals surface area contributed by atoms with Crippen LogP contribution in [0.1, 0.15) is 22.2 Å². The molecule has 0 bridgehead atoms. The molecule has 1 saturated heterocycles. The van der Waals surface area contributed by atoms with Gasteiger partial charge in [0.05, 0.1) is 0 Å². The molecule has 7 heteroatoms. The third-order valence-electron chi connectivity index (χ3n) is 3.75. The molecule has 1 unspecified atom stereocenters. The Morgan fingerprint density at radius 1 is 1.36 bits per heavy atom. The summed E-state index contributed by atoms with van der Waals surface area (Å²) >= 11 is 2.24. The normalized spacial score (nSPS) is 17.9. The number of piperazine rings is 1. The van der Waals surface area contributed by atoms with Crippen molar-refractivity contribution in [1.29, 1.82) is 0 Å². The highest BCUT2D eigenvalue weighted by atomic mass is 127. The van der Waals surface area contributed by atoms with E-state index < -0.39 is 0 Å². The minimum absolute atomic E-state index is 0. The zero-order valence-corrected chi connectivity index (χ0v) is 15.2. The summed E-state index contributed by atoms with van der Waals surface area (Å²) < 4.78 is 3.11. The molecule has 1 aromatic heterocycles. The van der Waals surface area contributed by atoms with Crippen LogP contribution in [0.3, 0.4) is 0 Å². The van der Waals surface area contributed by atoms with Gasteiger partial charge < -0.3 is 14.8 Å². The van der Waals surface area contributed by atoms with E-state index in [1.807, 2.05) is 47.0 Å². The lowest BCUT2D eigenvalue weighted by Gasteiger charge is -2.35. The summed E-state index contributed by atoms with van der Waals surface area (Å²) in [5.41, 5.74) is 0.733. The quantitative estimate of drug-likeness (QED) is 0.741. The van der Waals surface area contributed by atoms with Gasteiger partial charge >= 0.3 is 0 Å². The molecule has 1 aliphatic rings. The van der Waals surface area contributed by atoms with Crippen molar-refractivity contribution in [2.24, 2.45) is 7.05 Å². The lowest BCUT2D eigenvalue weighted by Crippen LogP contribution is -2.49. The average molecular weight is 433 g/mol. The van der Waals surface area contributed by atoms with Crippen LogP contribution in [0.5, 0.6) is 0 Å². The van der Waals surface area contributed by atoms with Crippen LogP contribution in [-0.4, -0.2) is 40.0 Å². The summed E-state index contributed by atoms with van der Waals surface area (Å²) in [5, 5.41) is 3.35. The maximum Gasteiger partial charge on any atom is 0.254 e. The van der Waals surface area contributed by atoms with E-state index in [9.17, 15) is 4.79 Å². The molecule has 1 N–H and O–H groups in total. The minimum Gasteiger partial charge on any atom is -0.336 e. The number of benzene rings is 1. The summed E-state index contributed by atoms with van der Waals surface area (Å²) in [6, 6.07) is 7.69. The minimum atomic E-state index is -0.0227. The summed E-state index contributed by atoms with van der Waals surface area (Å²) in [6.45, 7) is 2.25. The fraction of sp³-hybridized carbons (Fsp3) is 0.333. The fourth-order valence-corrected chi connectivity index (χ4v) is 2.99. The summed E-state index contributed by atoms with van der Waals surface area (Å²) in [5.74, 6) is 0.988. The van der Waals surface area contributed by atoms with Gasteiger partial charge in [0.1, 0.15) is 11.9 Å². The SMILES string of the molecule is Cl.Cn1ccnc1C1CNCCN1C(=O)c1ccc(I)cc1. The molecule has 118 valence electrons. The average Bonchev–Trinajstić information content (AvgIpc) is 2.93. The van der Waals surface area contributed by atoms with Crippen LogP contribution < -0.4 is 5.32 Å². The molecule has 2 heterocycles. The van der Waals surface area contributed by atoms with E-state index in [4.69, 9.17) is 0 Å². The highest BCUT2D eigenvalue weighted by Crippen LogP contribution is 2.23. The van der Waals surface area contributed by atoms with E-state index >= 15 is 0 Å². The Morgan fingerprint density at radius 2 is 2.09 bits per heavy atom. The number of amides is 1. The van der Waals surface area contributed by atoms with Crippen molar-refractivity contribution in [2.45, 2.75) is 6.04 Å². The maximum atomic E-state index is 12.8. The molecule has 0 radical (unpaired) electrons. The van der Waals surface area contributed by atoms with Crippen molar-refractivity contribution in [2.75, 3.05) is 19.6 Å². The number of carbonyl (C=O) groups excluding carboxylic acids is 1. The second-order valence-corrected chi connectivity index (χ2v) is 6.37. The van der Waals surface area contributed by atoms with E-state index in [0.29, 0.717) is 6.54 Å². The first-order chi connectivity index (χ1) is 10.2. The van der Waals surface area contributed by atoms with Crippen molar-refractivity contribution >= 4 is 40.9 Å². The number of carbonyl (C=O) groups is 1. The second-order valence-electron chi connectivity index (χ2n) is 5.12. The molecule has 3 rings (SSSR count). The standard InChI is InChI=1S/C15H17IN4O.ClH/c1-19-8-7-18-14(19)13-10-17-6-9-20(13)15(21)11-2-4-12(16)5-3-11;/h2-5,7-8,13,17H,6,9-10H2,1H3;1H. The van der Waals surface area contributed by atoms with Crippen molar-refractivity contribution in [1.82, 2.24) is 19.8 Å². The molecular formula is C15H18ClIN4O. The Balaban J connectivity index is 0.00000176. The predicted molar refractivity (Wildman–Crippen MR) is 96.3 cm³/mol. The topological polar surface area (TPSA) is 50.2 Å². The second kappa shape index (κ2) is 7.43. The molecule has 1 fully saturated rings. The van der Waals surface area contributed by atoms with E-state index in [2.05, 4.69) is 32.9 Å². The van der Waals surface area contributed by atoms with Gasteiger partial charge in [-0.3, -0.25) is 4.79 Å². The first kappa shape index (κ1) is 17.2. The Morgan fingerprint density at radius 3 is 2.73 bits per heavy atom. The van der Waals surface area contributed by atoms with Gasteiger partial charge in [-0.25, -0.2) is 4.98 Å². The molecule has 1 aliphatic heterocycles. The molecule has 1 aromatic carbocycles. The van der Waals surface area contributed by atoms with E-state index in [-0.39, 0.29) is 24.4 Å². The molecule has 0 spiro atoms. The van der Waals surface area contributed by atoms with Crippen molar-refractivity contribution < 1.29 is 4.79 Å². The van der Waals surface area contributed by atoms with Crippen LogP contribution in [-0.2, 0) is 7.05 Å². The van der Waals surface area contributed by atoms with Gasteiger partial charge in [-0.2, -0.15) is 0 Å². The number of nitrogens with zero attached hydrogens (tertiary/aromatic N) is 3. The molecule has 1 atom stereocenters. The molecule has 22 heavy (non-hydrogen) atoms. The van der Waals surface area contributed by atoms with Crippen LogP contribution in [0.25, 0.3) is 0 Å². The van der Waals surface area contributed by atoms with Gasteiger partial charge in [0, 0.05) is 48.2 Å². The summed E-state index contributed by atoms with van der Waals surface area (Å²) in [6.07, 6.45) is 3.69.